The molecule has 4 rings (SSSR count). The average molecular weight is 350 g/mol. The Bertz CT molecular complexity index is 748. The molecule has 2 heterocycles. The summed E-state index contributed by atoms with van der Waals surface area (Å²) < 4.78 is 0. The van der Waals surface area contributed by atoms with Crippen molar-refractivity contribution in [3.05, 3.63) is 65.7 Å². The Balaban J connectivity index is 1.54. The smallest absolute Gasteiger partial charge is 0.409 e. The normalized spacial score (nSPS) is 25.6. The minimum absolute atomic E-state index is 0.431. The molecule has 0 radical (unpaired) electrons. The third-order valence-corrected chi connectivity index (χ3v) is 5.98. The number of anilines is 1. The van der Waals surface area contributed by atoms with E-state index in [0.29, 0.717) is 18.0 Å². The number of piperidine rings is 2. The summed E-state index contributed by atoms with van der Waals surface area (Å²) in [6, 6.07) is 19.8. The predicted molar refractivity (Wildman–Crippen MR) is 103 cm³/mol. The van der Waals surface area contributed by atoms with Gasteiger partial charge < -0.3 is 5.11 Å². The summed E-state index contributed by atoms with van der Waals surface area (Å²) in [4.78, 5) is 13.8. The topological polar surface area (TPSA) is 52.6 Å². The fourth-order valence-electron chi connectivity index (χ4n) is 4.87. The number of benzene rings is 2. The first-order valence-corrected chi connectivity index (χ1v) is 9.59. The lowest BCUT2D eigenvalue weighted by atomic mass is 9.75. The van der Waals surface area contributed by atoms with Gasteiger partial charge in [0.25, 0.3) is 0 Å². The van der Waals surface area contributed by atoms with Crippen LogP contribution < -0.4 is 5.32 Å². The van der Waals surface area contributed by atoms with Crippen LogP contribution in [-0.4, -0.2) is 28.2 Å². The molecule has 2 aromatic rings. The second kappa shape index (κ2) is 7.50. The van der Waals surface area contributed by atoms with Crippen LogP contribution in [0.3, 0.4) is 0 Å². The molecule has 2 bridgehead atoms. The minimum Gasteiger partial charge on any atom is -0.465 e. The third-order valence-electron chi connectivity index (χ3n) is 5.98. The summed E-state index contributed by atoms with van der Waals surface area (Å²) in [5.74, 6) is 0.431. The first-order valence-electron chi connectivity index (χ1n) is 9.59. The number of amides is 1. The molecule has 0 spiro atoms. The molecule has 2 unspecified atom stereocenters. The molecular formula is C22H26N2O2. The Morgan fingerprint density at radius 3 is 2.35 bits per heavy atom. The van der Waals surface area contributed by atoms with Gasteiger partial charge in [0.1, 0.15) is 0 Å². The van der Waals surface area contributed by atoms with E-state index in [-0.39, 0.29) is 0 Å². The van der Waals surface area contributed by atoms with Crippen LogP contribution >= 0.6 is 0 Å². The van der Waals surface area contributed by atoms with Gasteiger partial charge in [-0.2, -0.15) is 0 Å². The van der Waals surface area contributed by atoms with Crippen LogP contribution in [0.1, 0.15) is 49.1 Å². The van der Waals surface area contributed by atoms with Crippen LogP contribution in [-0.2, 0) is 6.54 Å². The summed E-state index contributed by atoms with van der Waals surface area (Å²) in [6.07, 6.45) is 5.04. The van der Waals surface area contributed by atoms with Crippen molar-refractivity contribution in [2.45, 2.75) is 56.7 Å². The van der Waals surface area contributed by atoms with Crippen molar-refractivity contribution in [2.75, 3.05) is 5.32 Å². The number of rotatable bonds is 4. The number of nitrogens with one attached hydrogen (secondary N) is 1. The van der Waals surface area contributed by atoms with Gasteiger partial charge in [0.15, 0.2) is 0 Å². The average Bonchev–Trinajstić information content (AvgIpc) is 2.62. The molecule has 136 valence electrons. The first kappa shape index (κ1) is 17.1. The lowest BCUT2D eigenvalue weighted by molar-refractivity contribution is 0.0232. The van der Waals surface area contributed by atoms with Gasteiger partial charge in [-0.25, -0.2) is 4.79 Å². The van der Waals surface area contributed by atoms with E-state index >= 15 is 0 Å². The van der Waals surface area contributed by atoms with Gasteiger partial charge >= 0.3 is 6.09 Å². The van der Waals surface area contributed by atoms with Crippen molar-refractivity contribution >= 4 is 11.8 Å². The third kappa shape index (κ3) is 3.61. The number of carbonyl (C=O) groups is 1. The van der Waals surface area contributed by atoms with Crippen LogP contribution in [0.25, 0.3) is 0 Å². The number of hydrogen-bond acceptors (Lipinski definition) is 2. The number of para-hydroxylation sites is 1. The Labute approximate surface area is 154 Å². The van der Waals surface area contributed by atoms with Crippen LogP contribution in [0.5, 0.6) is 0 Å². The van der Waals surface area contributed by atoms with E-state index in [1.165, 1.54) is 24.8 Å². The molecule has 26 heavy (non-hydrogen) atoms. The first-order chi connectivity index (χ1) is 12.7. The molecule has 2 atom stereocenters. The highest BCUT2D eigenvalue weighted by Gasteiger charge is 2.39. The summed E-state index contributed by atoms with van der Waals surface area (Å²) in [5.41, 5.74) is 3.29. The molecule has 4 heteroatoms. The van der Waals surface area contributed by atoms with E-state index in [1.807, 2.05) is 18.2 Å². The molecule has 2 fully saturated rings. The fourth-order valence-corrected chi connectivity index (χ4v) is 4.87. The quantitative estimate of drug-likeness (QED) is 0.809. The van der Waals surface area contributed by atoms with Crippen molar-refractivity contribution in [3.63, 3.8) is 0 Å². The maximum Gasteiger partial charge on any atom is 0.409 e. The van der Waals surface area contributed by atoms with Gasteiger partial charge in [-0.15, -0.1) is 0 Å². The molecule has 0 aliphatic carbocycles. The summed E-state index contributed by atoms with van der Waals surface area (Å²) in [6.45, 7) is 1.03. The van der Waals surface area contributed by atoms with Crippen molar-refractivity contribution in [2.24, 2.45) is 0 Å². The van der Waals surface area contributed by atoms with Crippen LogP contribution in [0.15, 0.2) is 54.6 Å². The van der Waals surface area contributed by atoms with Crippen molar-refractivity contribution in [1.82, 2.24) is 4.90 Å². The van der Waals surface area contributed by atoms with Crippen molar-refractivity contribution in [1.29, 1.82) is 0 Å². The second-order valence-electron chi connectivity index (χ2n) is 7.58. The summed E-state index contributed by atoms with van der Waals surface area (Å²) in [7, 11) is 0. The molecular weight excluding hydrogens is 324 g/mol. The van der Waals surface area contributed by atoms with E-state index < -0.39 is 6.09 Å². The van der Waals surface area contributed by atoms with Gasteiger partial charge in [0, 0.05) is 24.3 Å². The molecule has 2 aliphatic heterocycles. The summed E-state index contributed by atoms with van der Waals surface area (Å²) in [5, 5.41) is 11.7. The highest BCUT2D eigenvalue weighted by molar-refractivity contribution is 5.84. The predicted octanol–water partition coefficient (Wildman–Crippen LogP) is 5.08. The zero-order valence-electron chi connectivity index (χ0n) is 15.0. The number of nitrogens with zero attached hydrogens (tertiary/aromatic N) is 1. The number of hydrogen-bond donors (Lipinski definition) is 2. The molecule has 0 aromatic heterocycles. The van der Waals surface area contributed by atoms with Crippen LogP contribution in [0.2, 0.25) is 0 Å². The second-order valence-corrected chi connectivity index (χ2v) is 7.58. The van der Waals surface area contributed by atoms with E-state index in [1.54, 1.807) is 0 Å². The highest BCUT2D eigenvalue weighted by Crippen LogP contribution is 2.43. The lowest BCUT2D eigenvalue weighted by Crippen LogP contribution is -2.51. The minimum atomic E-state index is -0.987. The van der Waals surface area contributed by atoms with Gasteiger partial charge in [-0.1, -0.05) is 55.0 Å². The van der Waals surface area contributed by atoms with Crippen LogP contribution in [0.4, 0.5) is 10.5 Å². The fraction of sp³-hybridized carbons (Fsp3) is 0.409. The largest absolute Gasteiger partial charge is 0.465 e. The van der Waals surface area contributed by atoms with E-state index in [0.717, 1.165) is 30.6 Å². The number of carboxylic acid groups (broad SMARTS) is 1. The standard InChI is InChI=1S/C22H26N2O2/c25-22(26)23-21-12-5-4-11-20(21)17-13-18-9-6-10-19(14-17)24(18)15-16-7-2-1-3-8-16/h1-5,7-8,11-12,17-19,23H,6,9-10,13-15H2,(H,25,26). The van der Waals surface area contributed by atoms with Gasteiger partial charge in [-0.05, 0) is 48.8 Å². The van der Waals surface area contributed by atoms with Gasteiger partial charge in [0.05, 0.1) is 0 Å². The van der Waals surface area contributed by atoms with E-state index in [2.05, 4.69) is 46.6 Å². The molecule has 0 saturated carbocycles. The molecule has 2 saturated heterocycles. The lowest BCUT2D eigenvalue weighted by Gasteiger charge is -2.49. The molecule has 4 nitrogen and oxygen atoms in total. The molecule has 2 aliphatic rings. The van der Waals surface area contributed by atoms with Gasteiger partial charge in [-0.3, -0.25) is 10.2 Å². The van der Waals surface area contributed by atoms with Gasteiger partial charge in [0.2, 0.25) is 0 Å². The Hall–Kier alpha value is -2.33. The Kier molecular flexibility index (Phi) is 4.93. The zero-order valence-corrected chi connectivity index (χ0v) is 15.0. The molecule has 1 amide bonds. The number of fused-ring (bicyclic) bond motifs is 2. The Morgan fingerprint density at radius 1 is 1.00 bits per heavy atom. The molecule has 2 aromatic carbocycles. The maximum atomic E-state index is 11.1. The van der Waals surface area contributed by atoms with Crippen molar-refractivity contribution in [3.8, 4) is 0 Å². The Morgan fingerprint density at radius 2 is 1.65 bits per heavy atom. The highest BCUT2D eigenvalue weighted by atomic mass is 16.4. The maximum absolute atomic E-state index is 11.1. The SMILES string of the molecule is O=C(O)Nc1ccccc1C1CC2CCCC(C1)N2Cc1ccccc1. The van der Waals surface area contributed by atoms with E-state index in [9.17, 15) is 4.79 Å². The molecule has 2 N–H and O–H groups in total. The zero-order chi connectivity index (χ0) is 17.9. The van der Waals surface area contributed by atoms with E-state index in [4.69, 9.17) is 5.11 Å². The summed E-state index contributed by atoms with van der Waals surface area (Å²) >= 11 is 0. The van der Waals surface area contributed by atoms with Crippen molar-refractivity contribution < 1.29 is 9.90 Å². The monoisotopic (exact) mass is 350 g/mol. The van der Waals surface area contributed by atoms with Crippen LogP contribution in [0, 0.1) is 0 Å².